The van der Waals surface area contributed by atoms with Gasteiger partial charge in [0.15, 0.2) is 0 Å². The summed E-state index contributed by atoms with van der Waals surface area (Å²) in [6.07, 6.45) is 4.75. The first-order valence-corrected chi connectivity index (χ1v) is 8.26. The molecule has 2 aromatic rings. The largest absolute Gasteiger partial charge is 0.404 e. The molecule has 7 N–H and O–H groups in total. The number of pyridine rings is 2. The van der Waals surface area contributed by atoms with Crippen LogP contribution in [0.4, 0.5) is 5.82 Å². The number of aliphatic hydroxyl groups is 1. The van der Waals surface area contributed by atoms with Crippen LogP contribution in [0, 0.1) is 5.92 Å². The number of hydrogen-bond donors (Lipinski definition) is 5. The molecule has 2 rings (SSSR count). The van der Waals surface area contributed by atoms with E-state index in [9.17, 15) is 4.79 Å². The molecule has 0 saturated carbocycles. The minimum Gasteiger partial charge on any atom is -0.404 e. The Balaban J connectivity index is 2.24. The third-order valence-electron chi connectivity index (χ3n) is 3.65. The lowest BCUT2D eigenvalue weighted by atomic mass is 10.0. The van der Waals surface area contributed by atoms with Crippen LogP contribution >= 0.6 is 0 Å². The Hall–Kier alpha value is -3.13. The third-order valence-corrected chi connectivity index (χ3v) is 3.65. The molecule has 0 aliphatic rings. The molecular formula is C18H24N6O2. The van der Waals surface area contributed by atoms with E-state index in [1.54, 1.807) is 24.3 Å². The SMILES string of the molecule is CC(C)C(=C/N)/C=C(\N)Nc1ccc2ncc(C(=O)NCCO)cc2n1. The lowest BCUT2D eigenvalue weighted by molar-refractivity contribution is 0.0944. The van der Waals surface area contributed by atoms with Crippen molar-refractivity contribution in [3.8, 4) is 0 Å². The molecule has 0 spiro atoms. The fourth-order valence-corrected chi connectivity index (χ4v) is 2.24. The predicted molar refractivity (Wildman–Crippen MR) is 102 cm³/mol. The van der Waals surface area contributed by atoms with Gasteiger partial charge in [0.2, 0.25) is 0 Å². The van der Waals surface area contributed by atoms with E-state index in [0.717, 1.165) is 5.57 Å². The lowest BCUT2D eigenvalue weighted by Crippen LogP contribution is -2.26. The van der Waals surface area contributed by atoms with Gasteiger partial charge in [0.05, 0.1) is 23.2 Å². The lowest BCUT2D eigenvalue weighted by Gasteiger charge is -2.10. The normalized spacial score (nSPS) is 12.5. The number of aromatic nitrogens is 2. The van der Waals surface area contributed by atoms with Crippen molar-refractivity contribution >= 4 is 22.8 Å². The number of nitrogens with zero attached hydrogens (tertiary/aromatic N) is 2. The summed E-state index contributed by atoms with van der Waals surface area (Å²) >= 11 is 0. The molecule has 0 unspecified atom stereocenters. The van der Waals surface area contributed by atoms with Crippen molar-refractivity contribution < 1.29 is 9.90 Å². The number of amides is 1. The summed E-state index contributed by atoms with van der Waals surface area (Å²) in [4.78, 5) is 20.6. The molecule has 8 heteroatoms. The van der Waals surface area contributed by atoms with Crippen molar-refractivity contribution in [2.45, 2.75) is 13.8 Å². The highest BCUT2D eigenvalue weighted by molar-refractivity contribution is 5.96. The first-order valence-electron chi connectivity index (χ1n) is 8.26. The van der Waals surface area contributed by atoms with E-state index >= 15 is 0 Å². The zero-order chi connectivity index (χ0) is 19.1. The molecule has 0 bridgehead atoms. The minimum atomic E-state index is -0.317. The van der Waals surface area contributed by atoms with Crippen LogP contribution in [-0.4, -0.2) is 34.1 Å². The number of fused-ring (bicyclic) bond motifs is 1. The number of rotatable bonds is 7. The van der Waals surface area contributed by atoms with Crippen LogP contribution < -0.4 is 22.1 Å². The van der Waals surface area contributed by atoms with Crippen LogP contribution in [0.25, 0.3) is 11.0 Å². The number of allylic oxidation sites excluding steroid dienone is 2. The molecule has 0 aromatic carbocycles. The Morgan fingerprint density at radius 1 is 1.35 bits per heavy atom. The molecule has 0 atom stereocenters. The first-order chi connectivity index (χ1) is 12.4. The van der Waals surface area contributed by atoms with Crippen LogP contribution in [0.1, 0.15) is 24.2 Å². The van der Waals surface area contributed by atoms with E-state index in [0.29, 0.717) is 28.2 Å². The molecular weight excluding hydrogens is 332 g/mol. The Labute approximate surface area is 152 Å². The van der Waals surface area contributed by atoms with Gasteiger partial charge in [0, 0.05) is 12.7 Å². The summed E-state index contributed by atoms with van der Waals surface area (Å²) in [6, 6.07) is 5.18. The highest BCUT2D eigenvalue weighted by Gasteiger charge is 2.08. The molecule has 26 heavy (non-hydrogen) atoms. The maximum absolute atomic E-state index is 12.0. The highest BCUT2D eigenvalue weighted by Crippen LogP contribution is 2.16. The zero-order valence-corrected chi connectivity index (χ0v) is 14.9. The fraction of sp³-hybridized carbons (Fsp3) is 0.278. The second-order valence-corrected chi connectivity index (χ2v) is 5.98. The minimum absolute atomic E-state index is 0.125. The first kappa shape index (κ1) is 19.2. The Kier molecular flexibility index (Phi) is 6.51. The monoisotopic (exact) mass is 356 g/mol. The summed E-state index contributed by atoms with van der Waals surface area (Å²) in [5.41, 5.74) is 14.1. The summed E-state index contributed by atoms with van der Waals surface area (Å²) in [7, 11) is 0. The number of carbonyl (C=O) groups excluding carboxylic acids is 1. The van der Waals surface area contributed by atoms with Crippen molar-refractivity contribution in [3.05, 3.63) is 53.6 Å². The van der Waals surface area contributed by atoms with Crippen LogP contribution in [-0.2, 0) is 0 Å². The van der Waals surface area contributed by atoms with Crippen molar-refractivity contribution in [3.63, 3.8) is 0 Å². The van der Waals surface area contributed by atoms with Gasteiger partial charge in [-0.3, -0.25) is 9.78 Å². The maximum Gasteiger partial charge on any atom is 0.253 e. The molecule has 0 fully saturated rings. The number of carbonyl (C=O) groups is 1. The summed E-state index contributed by atoms with van der Waals surface area (Å²) in [5.74, 6) is 0.866. The van der Waals surface area contributed by atoms with Gasteiger partial charge < -0.3 is 27.2 Å². The van der Waals surface area contributed by atoms with Gasteiger partial charge in [-0.1, -0.05) is 13.8 Å². The number of nitrogens with one attached hydrogen (secondary N) is 2. The topological polar surface area (TPSA) is 139 Å². The van der Waals surface area contributed by atoms with Gasteiger partial charge in [-0.15, -0.1) is 0 Å². The maximum atomic E-state index is 12.0. The average molecular weight is 356 g/mol. The fourth-order valence-electron chi connectivity index (χ4n) is 2.24. The summed E-state index contributed by atoms with van der Waals surface area (Å²) in [6.45, 7) is 4.10. The predicted octanol–water partition coefficient (Wildman–Crippen LogP) is 1.06. The molecule has 0 radical (unpaired) electrons. The van der Waals surface area contributed by atoms with Crippen molar-refractivity contribution in [2.75, 3.05) is 18.5 Å². The molecule has 8 nitrogen and oxygen atoms in total. The number of aliphatic hydroxyl groups excluding tert-OH is 1. The quantitative estimate of drug-likeness (QED) is 0.467. The molecule has 0 aliphatic carbocycles. The Morgan fingerprint density at radius 2 is 2.12 bits per heavy atom. The number of nitrogens with two attached hydrogens (primary N) is 2. The number of hydrogen-bond acceptors (Lipinski definition) is 7. The standard InChI is InChI=1S/C18H24N6O2/c1-11(2)12(9-19)8-16(20)24-17-4-3-14-15(23-17)7-13(10-22-14)18(26)21-5-6-25/h3-4,7-11,25H,5-6,19-20H2,1-2H3,(H,21,26)(H,23,24)/b12-9+,16-8+. The van der Waals surface area contributed by atoms with E-state index in [4.69, 9.17) is 16.6 Å². The highest BCUT2D eigenvalue weighted by atomic mass is 16.3. The molecule has 1 amide bonds. The van der Waals surface area contributed by atoms with Crippen LogP contribution in [0.5, 0.6) is 0 Å². The molecule has 2 heterocycles. The van der Waals surface area contributed by atoms with E-state index < -0.39 is 0 Å². The van der Waals surface area contributed by atoms with Gasteiger partial charge >= 0.3 is 0 Å². The van der Waals surface area contributed by atoms with Crippen LogP contribution in [0.15, 0.2) is 48.1 Å². The van der Waals surface area contributed by atoms with Crippen LogP contribution in [0.2, 0.25) is 0 Å². The van der Waals surface area contributed by atoms with Gasteiger partial charge in [-0.2, -0.15) is 0 Å². The van der Waals surface area contributed by atoms with E-state index in [-0.39, 0.29) is 25.0 Å². The van der Waals surface area contributed by atoms with Gasteiger partial charge in [-0.25, -0.2) is 4.98 Å². The second kappa shape index (κ2) is 8.82. The third kappa shape index (κ3) is 4.93. The Morgan fingerprint density at radius 3 is 2.77 bits per heavy atom. The summed E-state index contributed by atoms with van der Waals surface area (Å²) in [5, 5.41) is 14.4. The molecule has 0 saturated heterocycles. The van der Waals surface area contributed by atoms with Gasteiger partial charge in [0.25, 0.3) is 5.91 Å². The Bertz CT molecular complexity index is 845. The number of anilines is 1. The molecule has 2 aromatic heterocycles. The van der Waals surface area contributed by atoms with E-state index in [2.05, 4.69) is 20.6 Å². The van der Waals surface area contributed by atoms with E-state index in [1.165, 1.54) is 12.4 Å². The van der Waals surface area contributed by atoms with Gasteiger partial charge in [0.1, 0.15) is 11.6 Å². The summed E-state index contributed by atoms with van der Waals surface area (Å²) < 4.78 is 0. The van der Waals surface area contributed by atoms with Crippen molar-refractivity contribution in [1.82, 2.24) is 15.3 Å². The average Bonchev–Trinajstić information content (AvgIpc) is 2.63. The van der Waals surface area contributed by atoms with Gasteiger partial charge in [-0.05, 0) is 42.0 Å². The smallest absolute Gasteiger partial charge is 0.253 e. The van der Waals surface area contributed by atoms with Crippen molar-refractivity contribution in [2.24, 2.45) is 17.4 Å². The van der Waals surface area contributed by atoms with Crippen LogP contribution in [0.3, 0.4) is 0 Å². The van der Waals surface area contributed by atoms with E-state index in [1.807, 2.05) is 13.8 Å². The van der Waals surface area contributed by atoms with Crippen molar-refractivity contribution in [1.29, 1.82) is 0 Å². The second-order valence-electron chi connectivity index (χ2n) is 5.98. The molecule has 0 aliphatic heterocycles. The zero-order valence-electron chi connectivity index (χ0n) is 14.9. The molecule has 138 valence electrons.